The highest BCUT2D eigenvalue weighted by Gasteiger charge is 2.70. The third-order valence-corrected chi connectivity index (χ3v) is 6.68. The van der Waals surface area contributed by atoms with Gasteiger partial charge >= 0.3 is 6.18 Å². The minimum atomic E-state index is -4.55. The molecule has 4 fully saturated rings. The third-order valence-electron chi connectivity index (χ3n) is 6.68. The van der Waals surface area contributed by atoms with E-state index in [-0.39, 0.29) is 31.6 Å². The lowest BCUT2D eigenvalue weighted by Crippen LogP contribution is -2.68. The second kappa shape index (κ2) is 4.84. The molecule has 0 aromatic heterocycles. The van der Waals surface area contributed by atoms with E-state index in [4.69, 9.17) is 0 Å². The summed E-state index contributed by atoms with van der Waals surface area (Å²) in [5.74, 6) is -0.0340. The first-order valence-corrected chi connectivity index (χ1v) is 8.23. The average Bonchev–Trinajstić information content (AvgIpc) is 2.32. The maximum atomic E-state index is 13.7. The number of halogens is 3. The zero-order valence-corrected chi connectivity index (χ0v) is 13.5. The summed E-state index contributed by atoms with van der Waals surface area (Å²) in [5.41, 5.74) is -5.62. The van der Waals surface area contributed by atoms with Crippen LogP contribution in [0.25, 0.3) is 0 Å². The SMILES string of the molecule is CCC(C)(C(OO)C12CC3CC(O)(CC(O)(C3)C1)C2)C(F)(F)F. The largest absolute Gasteiger partial charge is 0.396 e. The van der Waals surface area contributed by atoms with Crippen LogP contribution in [0.4, 0.5) is 13.2 Å². The Labute approximate surface area is 133 Å². The fourth-order valence-electron chi connectivity index (χ4n) is 6.14. The third kappa shape index (κ3) is 2.42. The van der Waals surface area contributed by atoms with Gasteiger partial charge in [-0.1, -0.05) is 6.92 Å². The van der Waals surface area contributed by atoms with Crippen molar-refractivity contribution in [3.05, 3.63) is 0 Å². The van der Waals surface area contributed by atoms with Crippen molar-refractivity contribution < 1.29 is 33.5 Å². The summed E-state index contributed by atoms with van der Waals surface area (Å²) in [7, 11) is 0. The van der Waals surface area contributed by atoms with Gasteiger partial charge in [-0.05, 0) is 51.4 Å². The molecule has 4 saturated carbocycles. The van der Waals surface area contributed by atoms with Crippen LogP contribution in [0.1, 0.15) is 58.8 Å². The summed E-state index contributed by atoms with van der Waals surface area (Å²) in [5, 5.41) is 30.9. The monoisotopic (exact) mass is 338 g/mol. The van der Waals surface area contributed by atoms with Gasteiger partial charge < -0.3 is 10.2 Å². The summed E-state index contributed by atoms with van der Waals surface area (Å²) in [6.07, 6.45) is -4.38. The van der Waals surface area contributed by atoms with Gasteiger partial charge in [-0.15, -0.1) is 0 Å². The molecule has 4 unspecified atom stereocenters. The highest BCUT2D eigenvalue weighted by molar-refractivity contribution is 5.18. The normalized spacial score (nSPS) is 46.7. The summed E-state index contributed by atoms with van der Waals surface area (Å²) in [4.78, 5) is 4.47. The number of rotatable bonds is 4. The molecule has 4 rings (SSSR count). The lowest BCUT2D eigenvalue weighted by Gasteiger charge is -2.66. The van der Waals surface area contributed by atoms with E-state index in [1.54, 1.807) is 0 Å². The Kier molecular flexibility index (Phi) is 3.67. The van der Waals surface area contributed by atoms with Crippen molar-refractivity contribution in [2.24, 2.45) is 16.7 Å². The minimum Gasteiger partial charge on any atom is -0.390 e. The van der Waals surface area contributed by atoms with Crippen LogP contribution in [0.15, 0.2) is 0 Å². The van der Waals surface area contributed by atoms with Gasteiger partial charge in [-0.3, -0.25) is 5.26 Å². The molecule has 4 aliphatic rings. The Morgan fingerprint density at radius 1 is 1.09 bits per heavy atom. The molecule has 3 N–H and O–H groups in total. The fraction of sp³-hybridized carbons (Fsp3) is 1.00. The smallest absolute Gasteiger partial charge is 0.390 e. The van der Waals surface area contributed by atoms with Crippen LogP contribution in [0.2, 0.25) is 0 Å². The molecule has 7 heteroatoms. The topological polar surface area (TPSA) is 69.9 Å². The van der Waals surface area contributed by atoms with Crippen LogP contribution in [0.5, 0.6) is 0 Å². The van der Waals surface area contributed by atoms with Crippen molar-refractivity contribution in [2.75, 3.05) is 0 Å². The lowest BCUT2D eigenvalue weighted by molar-refractivity contribution is -0.393. The molecule has 0 saturated heterocycles. The molecule has 0 spiro atoms. The molecular formula is C16H25F3O4. The van der Waals surface area contributed by atoms with E-state index in [1.807, 2.05) is 0 Å². The summed E-state index contributed by atoms with van der Waals surface area (Å²) < 4.78 is 41.1. The van der Waals surface area contributed by atoms with Crippen molar-refractivity contribution in [3.8, 4) is 0 Å². The second-order valence-electron chi connectivity index (χ2n) is 8.57. The van der Waals surface area contributed by atoms with Crippen LogP contribution in [0, 0.1) is 16.7 Å². The number of hydrogen-bond donors (Lipinski definition) is 3. The standard InChI is InChI=1S/C16H25F3O4/c1-3-12(2,16(17,18)19)11(23-22)13-4-10-5-14(20,7-13)9-15(21,6-10)8-13/h10-11,20-22H,3-9H2,1-2H3. The lowest BCUT2D eigenvalue weighted by atomic mass is 9.43. The molecule has 4 nitrogen and oxygen atoms in total. The molecular weight excluding hydrogens is 313 g/mol. The first-order valence-electron chi connectivity index (χ1n) is 8.23. The maximum absolute atomic E-state index is 13.7. The van der Waals surface area contributed by atoms with Gasteiger partial charge in [-0.25, -0.2) is 4.89 Å². The van der Waals surface area contributed by atoms with Gasteiger partial charge in [0.15, 0.2) is 0 Å². The Bertz CT molecular complexity index is 476. The van der Waals surface area contributed by atoms with Crippen molar-refractivity contribution >= 4 is 0 Å². The van der Waals surface area contributed by atoms with Crippen molar-refractivity contribution in [2.45, 2.75) is 82.3 Å². The molecule has 0 heterocycles. The van der Waals surface area contributed by atoms with Crippen LogP contribution >= 0.6 is 0 Å². The van der Waals surface area contributed by atoms with Crippen molar-refractivity contribution in [3.63, 3.8) is 0 Å². The first-order chi connectivity index (χ1) is 10.4. The van der Waals surface area contributed by atoms with Crippen LogP contribution in [-0.4, -0.2) is 39.0 Å². The van der Waals surface area contributed by atoms with Gasteiger partial charge in [0.1, 0.15) is 6.10 Å². The van der Waals surface area contributed by atoms with Crippen molar-refractivity contribution in [1.29, 1.82) is 0 Å². The molecule has 0 amide bonds. The van der Waals surface area contributed by atoms with E-state index < -0.39 is 34.3 Å². The predicted molar refractivity (Wildman–Crippen MR) is 75.5 cm³/mol. The Morgan fingerprint density at radius 3 is 1.96 bits per heavy atom. The van der Waals surface area contributed by atoms with E-state index in [9.17, 15) is 28.6 Å². The molecule has 4 atom stereocenters. The highest BCUT2D eigenvalue weighted by atomic mass is 19.4. The summed E-state index contributed by atoms with van der Waals surface area (Å²) >= 11 is 0. The molecule has 0 aromatic carbocycles. The average molecular weight is 338 g/mol. The minimum absolute atomic E-state index is 0.0340. The van der Waals surface area contributed by atoms with E-state index in [0.717, 1.165) is 6.92 Å². The molecule has 23 heavy (non-hydrogen) atoms. The number of aliphatic hydroxyl groups is 2. The predicted octanol–water partition coefficient (Wildman–Crippen LogP) is 3.27. The summed E-state index contributed by atoms with van der Waals surface area (Å²) in [6.45, 7) is 2.48. The van der Waals surface area contributed by atoms with Gasteiger partial charge in [-0.2, -0.15) is 13.2 Å². The Morgan fingerprint density at radius 2 is 1.61 bits per heavy atom. The van der Waals surface area contributed by atoms with Gasteiger partial charge in [0.05, 0.1) is 16.6 Å². The van der Waals surface area contributed by atoms with Crippen molar-refractivity contribution in [1.82, 2.24) is 0 Å². The molecule has 0 radical (unpaired) electrons. The molecule has 4 aliphatic carbocycles. The van der Waals surface area contributed by atoms with E-state index in [2.05, 4.69) is 4.89 Å². The molecule has 4 bridgehead atoms. The molecule has 134 valence electrons. The molecule has 0 aliphatic heterocycles. The van der Waals surface area contributed by atoms with E-state index in [0.29, 0.717) is 19.3 Å². The van der Waals surface area contributed by atoms with Gasteiger partial charge in [0.2, 0.25) is 0 Å². The fourth-order valence-corrected chi connectivity index (χ4v) is 6.14. The van der Waals surface area contributed by atoms with Crippen LogP contribution in [-0.2, 0) is 4.89 Å². The zero-order chi connectivity index (χ0) is 17.3. The van der Waals surface area contributed by atoms with Crippen LogP contribution in [0.3, 0.4) is 0 Å². The second-order valence-corrected chi connectivity index (χ2v) is 8.57. The Hall–Kier alpha value is -0.370. The van der Waals surface area contributed by atoms with Crippen LogP contribution < -0.4 is 0 Å². The first kappa shape index (κ1) is 17.5. The Balaban J connectivity index is 2.04. The number of hydrogen-bond acceptors (Lipinski definition) is 4. The van der Waals surface area contributed by atoms with E-state index >= 15 is 0 Å². The van der Waals surface area contributed by atoms with E-state index in [1.165, 1.54) is 6.92 Å². The van der Waals surface area contributed by atoms with Gasteiger partial charge in [0.25, 0.3) is 0 Å². The highest BCUT2D eigenvalue weighted by Crippen LogP contribution is 2.67. The quantitative estimate of drug-likeness (QED) is 0.543. The maximum Gasteiger partial charge on any atom is 0.396 e. The number of alkyl halides is 3. The zero-order valence-electron chi connectivity index (χ0n) is 13.5. The summed E-state index contributed by atoms with van der Waals surface area (Å²) in [6, 6.07) is 0. The molecule has 0 aromatic rings. The van der Waals surface area contributed by atoms with Gasteiger partial charge in [0, 0.05) is 11.8 Å².